The maximum atomic E-state index is 12.2. The van der Waals surface area contributed by atoms with Gasteiger partial charge in [-0.3, -0.25) is 9.69 Å². The number of carbonyl (C=O) groups is 1. The van der Waals surface area contributed by atoms with E-state index in [1.807, 2.05) is 7.05 Å². The van der Waals surface area contributed by atoms with E-state index in [0.29, 0.717) is 28.2 Å². The molecular weight excluding hydrogens is 269 g/mol. The summed E-state index contributed by atoms with van der Waals surface area (Å²) < 4.78 is 0. The summed E-state index contributed by atoms with van der Waals surface area (Å²) in [4.78, 5) is 14.3. The summed E-state index contributed by atoms with van der Waals surface area (Å²) in [5.74, 6) is 0.773. The second kappa shape index (κ2) is 5.60. The second-order valence-electron chi connectivity index (χ2n) is 5.04. The van der Waals surface area contributed by atoms with Gasteiger partial charge in [0.1, 0.15) is 0 Å². The van der Waals surface area contributed by atoms with Crippen LogP contribution in [0.4, 0.5) is 0 Å². The molecule has 98 valence electrons. The molecule has 0 heterocycles. The van der Waals surface area contributed by atoms with Crippen LogP contribution in [0.25, 0.3) is 0 Å². The number of nitrogens with zero attached hydrogens (tertiary/aromatic N) is 1. The van der Waals surface area contributed by atoms with Gasteiger partial charge in [0, 0.05) is 16.6 Å². The van der Waals surface area contributed by atoms with Crippen molar-refractivity contribution in [3.8, 4) is 0 Å². The molecule has 1 aromatic carbocycles. The van der Waals surface area contributed by atoms with Gasteiger partial charge in [-0.1, -0.05) is 23.2 Å². The molecule has 0 spiro atoms. The minimum atomic E-state index is 0.0255. The summed E-state index contributed by atoms with van der Waals surface area (Å²) in [6, 6.07) is 5.45. The molecule has 0 aliphatic heterocycles. The van der Waals surface area contributed by atoms with Crippen molar-refractivity contribution in [3.63, 3.8) is 0 Å². The number of carbonyl (C=O) groups excluding carboxylic acids is 1. The summed E-state index contributed by atoms with van der Waals surface area (Å²) in [6.07, 6.45) is 2.55. The maximum absolute atomic E-state index is 12.2. The van der Waals surface area contributed by atoms with Gasteiger partial charge in [0.15, 0.2) is 5.78 Å². The average Bonchev–Trinajstić information content (AvgIpc) is 3.15. The number of benzene rings is 1. The predicted octanol–water partition coefficient (Wildman–Crippen LogP) is 3.91. The zero-order chi connectivity index (χ0) is 13.3. The van der Waals surface area contributed by atoms with E-state index in [4.69, 9.17) is 23.2 Å². The Balaban J connectivity index is 2.04. The molecule has 0 aromatic heterocycles. The van der Waals surface area contributed by atoms with E-state index in [1.54, 1.807) is 18.2 Å². The Kier molecular flexibility index (Phi) is 4.31. The smallest absolute Gasteiger partial charge is 0.178 e. The van der Waals surface area contributed by atoms with Crippen molar-refractivity contribution in [3.05, 3.63) is 33.8 Å². The quantitative estimate of drug-likeness (QED) is 0.765. The molecule has 1 fully saturated rings. The number of Topliss-reactive ketones (excluding diaryl/α,β-unsaturated/α-hetero) is 1. The second-order valence-corrected chi connectivity index (χ2v) is 5.88. The van der Waals surface area contributed by atoms with Crippen molar-refractivity contribution in [1.29, 1.82) is 0 Å². The van der Waals surface area contributed by atoms with Crippen LogP contribution in [0.5, 0.6) is 0 Å². The number of rotatable bonds is 5. The Morgan fingerprint density at radius 3 is 2.72 bits per heavy atom. The molecular formula is C14H17Cl2NO. The van der Waals surface area contributed by atoms with Crippen LogP contribution in [0.1, 0.15) is 30.1 Å². The van der Waals surface area contributed by atoms with E-state index >= 15 is 0 Å². The highest BCUT2D eigenvalue weighted by Crippen LogP contribution is 2.34. The highest BCUT2D eigenvalue weighted by atomic mass is 35.5. The summed E-state index contributed by atoms with van der Waals surface area (Å²) >= 11 is 11.9. The van der Waals surface area contributed by atoms with Crippen LogP contribution in [0.15, 0.2) is 18.2 Å². The zero-order valence-electron chi connectivity index (χ0n) is 10.6. The van der Waals surface area contributed by atoms with Gasteiger partial charge in [0.25, 0.3) is 0 Å². The van der Waals surface area contributed by atoms with Gasteiger partial charge in [0.2, 0.25) is 0 Å². The average molecular weight is 286 g/mol. The van der Waals surface area contributed by atoms with Gasteiger partial charge in [-0.2, -0.15) is 0 Å². The minimum absolute atomic E-state index is 0.0255. The molecule has 0 radical (unpaired) electrons. The Labute approximate surface area is 118 Å². The van der Waals surface area contributed by atoms with Gasteiger partial charge in [-0.05, 0) is 50.9 Å². The Hall–Kier alpha value is -0.570. The van der Waals surface area contributed by atoms with Crippen molar-refractivity contribution >= 4 is 29.0 Å². The van der Waals surface area contributed by atoms with Gasteiger partial charge < -0.3 is 0 Å². The van der Waals surface area contributed by atoms with Crippen molar-refractivity contribution < 1.29 is 4.79 Å². The van der Waals surface area contributed by atoms with E-state index in [9.17, 15) is 4.79 Å². The molecule has 1 saturated carbocycles. The highest BCUT2D eigenvalue weighted by molar-refractivity contribution is 6.36. The Bertz CT molecular complexity index is 457. The number of halogens is 2. The molecule has 1 aromatic rings. The van der Waals surface area contributed by atoms with E-state index in [-0.39, 0.29) is 5.78 Å². The Morgan fingerprint density at radius 2 is 2.11 bits per heavy atom. The van der Waals surface area contributed by atoms with Crippen LogP contribution in [0.3, 0.4) is 0 Å². The molecule has 2 nitrogen and oxygen atoms in total. The fourth-order valence-electron chi connectivity index (χ4n) is 2.11. The van der Waals surface area contributed by atoms with E-state index in [2.05, 4.69) is 11.8 Å². The van der Waals surface area contributed by atoms with Crippen molar-refractivity contribution in [2.75, 3.05) is 13.6 Å². The molecule has 1 atom stereocenters. The van der Waals surface area contributed by atoms with Crippen LogP contribution in [0, 0.1) is 5.92 Å². The maximum Gasteiger partial charge on any atom is 0.178 e. The standard InChI is InChI=1S/C14H17Cl2NO/c1-9(10-3-4-10)17(2)8-14(18)12-7-11(15)5-6-13(12)16/h5-7,9-10H,3-4,8H2,1-2H3. The fraction of sp³-hybridized carbons (Fsp3) is 0.500. The van der Waals surface area contributed by atoms with Crippen LogP contribution >= 0.6 is 23.2 Å². The van der Waals surface area contributed by atoms with Crippen molar-refractivity contribution in [1.82, 2.24) is 4.90 Å². The molecule has 0 amide bonds. The van der Waals surface area contributed by atoms with Crippen LogP contribution in [0.2, 0.25) is 10.0 Å². The van der Waals surface area contributed by atoms with Gasteiger partial charge in [-0.25, -0.2) is 0 Å². The zero-order valence-corrected chi connectivity index (χ0v) is 12.1. The topological polar surface area (TPSA) is 20.3 Å². The summed E-state index contributed by atoms with van der Waals surface area (Å²) in [5.41, 5.74) is 0.513. The number of hydrogen-bond donors (Lipinski definition) is 0. The molecule has 2 rings (SSSR count). The molecule has 0 saturated heterocycles. The van der Waals surface area contributed by atoms with Crippen molar-refractivity contribution in [2.24, 2.45) is 5.92 Å². The normalized spacial score (nSPS) is 16.9. The lowest BCUT2D eigenvalue weighted by molar-refractivity contribution is 0.0917. The molecule has 0 bridgehead atoms. The summed E-state index contributed by atoms with van der Waals surface area (Å²) in [6.45, 7) is 2.56. The molecule has 0 N–H and O–H groups in total. The summed E-state index contributed by atoms with van der Waals surface area (Å²) in [5, 5.41) is 1.01. The first kappa shape index (κ1) is 13.9. The van der Waals surface area contributed by atoms with Gasteiger partial charge >= 0.3 is 0 Å². The first-order chi connectivity index (χ1) is 8.49. The lowest BCUT2D eigenvalue weighted by Crippen LogP contribution is -2.35. The van der Waals surface area contributed by atoms with E-state index in [1.165, 1.54) is 12.8 Å². The van der Waals surface area contributed by atoms with Gasteiger partial charge in [-0.15, -0.1) is 0 Å². The minimum Gasteiger partial charge on any atom is -0.296 e. The van der Waals surface area contributed by atoms with Crippen molar-refractivity contribution in [2.45, 2.75) is 25.8 Å². The SMILES string of the molecule is CC(C1CC1)N(C)CC(=O)c1cc(Cl)ccc1Cl. The Morgan fingerprint density at radius 1 is 1.44 bits per heavy atom. The third-order valence-electron chi connectivity index (χ3n) is 3.62. The molecule has 18 heavy (non-hydrogen) atoms. The molecule has 1 aliphatic rings. The van der Waals surface area contributed by atoms with Crippen LogP contribution < -0.4 is 0 Å². The molecule has 4 heteroatoms. The van der Waals surface area contributed by atoms with Gasteiger partial charge in [0.05, 0.1) is 11.6 Å². The third-order valence-corrected chi connectivity index (χ3v) is 4.19. The number of ketones is 1. The summed E-state index contributed by atoms with van der Waals surface area (Å²) in [7, 11) is 1.99. The third kappa shape index (κ3) is 3.25. The highest BCUT2D eigenvalue weighted by Gasteiger charge is 2.31. The van der Waals surface area contributed by atoms with E-state index < -0.39 is 0 Å². The molecule has 1 unspecified atom stereocenters. The predicted molar refractivity (Wildman–Crippen MR) is 75.6 cm³/mol. The number of likely N-dealkylation sites (N-methyl/N-ethyl adjacent to an activating group) is 1. The van der Waals surface area contributed by atoms with Crippen LogP contribution in [-0.4, -0.2) is 30.3 Å². The lowest BCUT2D eigenvalue weighted by atomic mass is 10.1. The number of hydrogen-bond acceptors (Lipinski definition) is 2. The van der Waals surface area contributed by atoms with E-state index in [0.717, 1.165) is 5.92 Å². The molecule has 1 aliphatic carbocycles. The lowest BCUT2D eigenvalue weighted by Gasteiger charge is -2.23. The fourth-order valence-corrected chi connectivity index (χ4v) is 2.50. The first-order valence-corrected chi connectivity index (χ1v) is 6.93. The largest absolute Gasteiger partial charge is 0.296 e. The van der Waals surface area contributed by atoms with Crippen LogP contribution in [-0.2, 0) is 0 Å². The monoisotopic (exact) mass is 285 g/mol. The first-order valence-electron chi connectivity index (χ1n) is 6.17.